The number of hydrogen-bond donors (Lipinski definition) is 0. The van der Waals surface area contributed by atoms with Crippen molar-refractivity contribution in [1.82, 2.24) is 0 Å². The van der Waals surface area contributed by atoms with Crippen LogP contribution in [0.3, 0.4) is 0 Å². The maximum atomic E-state index is 10.5. The fraction of sp³-hybridized carbons (Fsp3) is 0.214. The van der Waals surface area contributed by atoms with E-state index in [0.29, 0.717) is 24.4 Å². The summed E-state index contributed by atoms with van der Waals surface area (Å²) in [5, 5.41) is 0. The number of ether oxygens (including phenoxy) is 1. The molecule has 0 aliphatic rings. The first-order valence-corrected chi connectivity index (χ1v) is 5.43. The summed E-state index contributed by atoms with van der Waals surface area (Å²) in [6.07, 6.45) is 0.682. The van der Waals surface area contributed by atoms with E-state index in [1.54, 1.807) is 12.1 Å². The van der Waals surface area contributed by atoms with E-state index in [2.05, 4.69) is 0 Å². The Bertz CT molecular complexity index is 526. The van der Waals surface area contributed by atoms with Crippen molar-refractivity contribution in [3.05, 3.63) is 53.0 Å². The zero-order valence-corrected chi connectivity index (χ0v) is 9.90. The Morgan fingerprint density at radius 2 is 2.06 bits per heavy atom. The Morgan fingerprint density at radius 1 is 1.24 bits per heavy atom. The first kappa shape index (κ1) is 11.5. The number of aryl methyl sites for hydroxylation is 1. The summed E-state index contributed by atoms with van der Waals surface area (Å²) in [7, 11) is 0. The third-order valence-electron chi connectivity index (χ3n) is 2.72. The van der Waals surface area contributed by atoms with Gasteiger partial charge in [0, 0.05) is 0 Å². The molecule has 2 aromatic rings. The molecule has 0 amide bonds. The number of furan rings is 1. The number of aldehydes is 1. The van der Waals surface area contributed by atoms with Crippen molar-refractivity contribution in [2.75, 3.05) is 0 Å². The number of benzene rings is 1. The molecule has 0 fully saturated rings. The molecule has 3 nitrogen and oxygen atoms in total. The van der Waals surface area contributed by atoms with Gasteiger partial charge in [0.1, 0.15) is 18.1 Å². The van der Waals surface area contributed by atoms with Crippen molar-refractivity contribution in [3.8, 4) is 5.75 Å². The third kappa shape index (κ3) is 2.56. The van der Waals surface area contributed by atoms with Crippen LogP contribution in [-0.2, 0) is 6.61 Å². The molecule has 1 aromatic heterocycles. The molecule has 0 bridgehead atoms. The van der Waals surface area contributed by atoms with E-state index in [-0.39, 0.29) is 0 Å². The van der Waals surface area contributed by atoms with E-state index in [0.717, 1.165) is 11.3 Å². The van der Waals surface area contributed by atoms with Crippen LogP contribution in [0, 0.1) is 13.8 Å². The molecule has 3 heteroatoms. The molecule has 0 saturated heterocycles. The number of carbonyl (C=O) groups excluding carboxylic acids is 1. The average Bonchev–Trinajstić information content (AvgIpc) is 2.79. The van der Waals surface area contributed by atoms with Crippen LogP contribution in [0.2, 0.25) is 0 Å². The summed E-state index contributed by atoms with van der Waals surface area (Å²) in [6.45, 7) is 4.39. The van der Waals surface area contributed by atoms with Crippen molar-refractivity contribution in [2.24, 2.45) is 0 Å². The molecule has 88 valence electrons. The molecular formula is C14H14O3. The summed E-state index contributed by atoms with van der Waals surface area (Å²) in [5.74, 6) is 1.81. The minimum atomic E-state index is 0.324. The normalized spacial score (nSPS) is 10.2. The average molecular weight is 230 g/mol. The summed E-state index contributed by atoms with van der Waals surface area (Å²) >= 11 is 0. The molecule has 0 aliphatic heterocycles. The smallest absolute Gasteiger partial charge is 0.185 e. The summed E-state index contributed by atoms with van der Waals surface area (Å²) in [6, 6.07) is 9.30. The molecular weight excluding hydrogens is 216 g/mol. The molecule has 0 spiro atoms. The lowest BCUT2D eigenvalue weighted by Gasteiger charge is -2.09. The van der Waals surface area contributed by atoms with Gasteiger partial charge in [0.2, 0.25) is 0 Å². The SMILES string of the molecule is Cc1cccc(OCc2ccc(C=O)o2)c1C. The molecule has 0 radical (unpaired) electrons. The van der Waals surface area contributed by atoms with Crippen LogP contribution in [0.15, 0.2) is 34.7 Å². The van der Waals surface area contributed by atoms with Gasteiger partial charge in [0.25, 0.3) is 0 Å². The zero-order chi connectivity index (χ0) is 12.3. The van der Waals surface area contributed by atoms with Crippen LogP contribution in [-0.4, -0.2) is 6.29 Å². The topological polar surface area (TPSA) is 39.4 Å². The summed E-state index contributed by atoms with van der Waals surface area (Å²) in [4.78, 5) is 10.5. The first-order valence-electron chi connectivity index (χ1n) is 5.43. The van der Waals surface area contributed by atoms with Gasteiger partial charge in [-0.15, -0.1) is 0 Å². The minimum absolute atomic E-state index is 0.324. The van der Waals surface area contributed by atoms with Crippen molar-refractivity contribution < 1.29 is 13.9 Å². The highest BCUT2D eigenvalue weighted by molar-refractivity contribution is 5.70. The van der Waals surface area contributed by atoms with Gasteiger partial charge in [-0.05, 0) is 43.2 Å². The Morgan fingerprint density at radius 3 is 2.76 bits per heavy atom. The van der Waals surface area contributed by atoms with E-state index < -0.39 is 0 Å². The van der Waals surface area contributed by atoms with Gasteiger partial charge >= 0.3 is 0 Å². The van der Waals surface area contributed by atoms with Crippen molar-refractivity contribution >= 4 is 6.29 Å². The van der Waals surface area contributed by atoms with Crippen LogP contribution in [0.4, 0.5) is 0 Å². The van der Waals surface area contributed by atoms with Crippen molar-refractivity contribution in [3.63, 3.8) is 0 Å². The highest BCUT2D eigenvalue weighted by Gasteiger charge is 2.05. The second-order valence-corrected chi connectivity index (χ2v) is 3.91. The monoisotopic (exact) mass is 230 g/mol. The lowest BCUT2D eigenvalue weighted by atomic mass is 10.1. The van der Waals surface area contributed by atoms with Crippen molar-refractivity contribution in [1.29, 1.82) is 0 Å². The molecule has 1 heterocycles. The van der Waals surface area contributed by atoms with Gasteiger partial charge in [-0.25, -0.2) is 0 Å². The Hall–Kier alpha value is -2.03. The van der Waals surface area contributed by atoms with Gasteiger partial charge in [-0.2, -0.15) is 0 Å². The minimum Gasteiger partial charge on any atom is -0.485 e. The highest BCUT2D eigenvalue weighted by atomic mass is 16.5. The van der Waals surface area contributed by atoms with Crippen LogP contribution in [0.1, 0.15) is 27.4 Å². The molecule has 0 aliphatic carbocycles. The zero-order valence-electron chi connectivity index (χ0n) is 9.90. The van der Waals surface area contributed by atoms with Gasteiger partial charge in [-0.1, -0.05) is 12.1 Å². The van der Waals surface area contributed by atoms with Crippen LogP contribution >= 0.6 is 0 Å². The fourth-order valence-electron chi connectivity index (χ4n) is 1.56. The van der Waals surface area contributed by atoms with Crippen LogP contribution < -0.4 is 4.74 Å². The predicted octanol–water partition coefficient (Wildman–Crippen LogP) is 3.29. The second kappa shape index (κ2) is 4.87. The molecule has 0 N–H and O–H groups in total. The maximum Gasteiger partial charge on any atom is 0.185 e. The molecule has 0 saturated carbocycles. The van der Waals surface area contributed by atoms with Crippen LogP contribution in [0.5, 0.6) is 5.75 Å². The molecule has 17 heavy (non-hydrogen) atoms. The summed E-state index contributed by atoms with van der Waals surface area (Å²) < 4.78 is 10.9. The fourth-order valence-corrected chi connectivity index (χ4v) is 1.56. The van der Waals surface area contributed by atoms with Gasteiger partial charge in [0.05, 0.1) is 0 Å². The maximum absolute atomic E-state index is 10.5. The number of rotatable bonds is 4. The van der Waals surface area contributed by atoms with Crippen molar-refractivity contribution in [2.45, 2.75) is 20.5 Å². The quantitative estimate of drug-likeness (QED) is 0.756. The summed E-state index contributed by atoms with van der Waals surface area (Å²) in [5.41, 5.74) is 2.31. The number of hydrogen-bond acceptors (Lipinski definition) is 3. The first-order chi connectivity index (χ1) is 8.20. The second-order valence-electron chi connectivity index (χ2n) is 3.91. The molecule has 0 unspecified atom stereocenters. The molecule has 0 atom stereocenters. The standard InChI is InChI=1S/C14H14O3/c1-10-4-3-5-14(11(10)2)16-9-13-7-6-12(8-15)17-13/h3-8H,9H2,1-2H3. The van der Waals surface area contributed by atoms with Gasteiger partial charge in [0.15, 0.2) is 12.0 Å². The van der Waals surface area contributed by atoms with Gasteiger partial charge in [-0.3, -0.25) is 4.79 Å². The lowest BCUT2D eigenvalue weighted by molar-refractivity contribution is 0.109. The van der Waals surface area contributed by atoms with Gasteiger partial charge < -0.3 is 9.15 Å². The van der Waals surface area contributed by atoms with E-state index in [9.17, 15) is 4.79 Å². The third-order valence-corrected chi connectivity index (χ3v) is 2.72. The Kier molecular flexibility index (Phi) is 3.28. The lowest BCUT2D eigenvalue weighted by Crippen LogP contribution is -1.96. The molecule has 2 rings (SSSR count). The van der Waals surface area contributed by atoms with E-state index in [1.165, 1.54) is 5.56 Å². The molecule has 1 aromatic carbocycles. The van der Waals surface area contributed by atoms with E-state index in [1.807, 2.05) is 32.0 Å². The predicted molar refractivity (Wildman–Crippen MR) is 64.3 cm³/mol. The highest BCUT2D eigenvalue weighted by Crippen LogP contribution is 2.21. The van der Waals surface area contributed by atoms with E-state index >= 15 is 0 Å². The number of carbonyl (C=O) groups is 1. The largest absolute Gasteiger partial charge is 0.485 e. The Labute approximate surface area is 100 Å². The van der Waals surface area contributed by atoms with Crippen LogP contribution in [0.25, 0.3) is 0 Å². The van der Waals surface area contributed by atoms with E-state index in [4.69, 9.17) is 9.15 Å². The Balaban J connectivity index is 2.07.